The first-order chi connectivity index (χ1) is 7.61. The molecule has 17 heavy (non-hydrogen) atoms. The summed E-state index contributed by atoms with van der Waals surface area (Å²) in [5, 5.41) is 2.64. The standard InChI is InChI=1S/C11H21N3O2.ClH/c1-9(12)11(16)13-6-5-10(15)14-7-3-2-4-8-14;/h9H,2-8,12H2,1H3,(H,13,16);1H. The van der Waals surface area contributed by atoms with Crippen LogP contribution in [-0.2, 0) is 9.59 Å². The van der Waals surface area contributed by atoms with E-state index >= 15 is 0 Å². The highest BCUT2D eigenvalue weighted by atomic mass is 35.5. The van der Waals surface area contributed by atoms with Crippen molar-refractivity contribution in [2.75, 3.05) is 19.6 Å². The summed E-state index contributed by atoms with van der Waals surface area (Å²) in [6.07, 6.45) is 3.78. The van der Waals surface area contributed by atoms with Crippen molar-refractivity contribution in [2.45, 2.75) is 38.6 Å². The van der Waals surface area contributed by atoms with Crippen LogP contribution in [-0.4, -0.2) is 42.4 Å². The van der Waals surface area contributed by atoms with Gasteiger partial charge in [-0.15, -0.1) is 12.4 Å². The summed E-state index contributed by atoms with van der Waals surface area (Å²) < 4.78 is 0. The Kier molecular flexibility index (Phi) is 7.91. The molecule has 1 aliphatic heterocycles. The molecule has 1 rings (SSSR count). The van der Waals surface area contributed by atoms with Crippen LogP contribution in [0.4, 0.5) is 0 Å². The molecule has 1 heterocycles. The lowest BCUT2D eigenvalue weighted by molar-refractivity contribution is -0.132. The second-order valence-electron chi connectivity index (χ2n) is 4.27. The summed E-state index contributed by atoms with van der Waals surface area (Å²) in [5.41, 5.74) is 5.39. The molecule has 0 aliphatic carbocycles. The average molecular weight is 264 g/mol. The molecule has 1 fully saturated rings. The molecule has 5 nitrogen and oxygen atoms in total. The van der Waals surface area contributed by atoms with Crippen LogP contribution >= 0.6 is 12.4 Å². The monoisotopic (exact) mass is 263 g/mol. The number of carbonyl (C=O) groups excluding carboxylic acids is 2. The van der Waals surface area contributed by atoms with Gasteiger partial charge < -0.3 is 16.0 Å². The van der Waals surface area contributed by atoms with Crippen LogP contribution in [0.1, 0.15) is 32.6 Å². The number of nitrogens with zero attached hydrogens (tertiary/aromatic N) is 1. The van der Waals surface area contributed by atoms with Crippen molar-refractivity contribution >= 4 is 24.2 Å². The first-order valence-electron chi connectivity index (χ1n) is 5.92. The van der Waals surface area contributed by atoms with E-state index < -0.39 is 6.04 Å². The van der Waals surface area contributed by atoms with Crippen molar-refractivity contribution in [3.63, 3.8) is 0 Å². The van der Waals surface area contributed by atoms with Crippen molar-refractivity contribution in [2.24, 2.45) is 5.73 Å². The third kappa shape index (κ3) is 5.89. The molecule has 2 amide bonds. The normalized spacial score (nSPS) is 16.9. The number of hydrogen-bond donors (Lipinski definition) is 2. The molecule has 6 heteroatoms. The van der Waals surface area contributed by atoms with Gasteiger partial charge in [-0.2, -0.15) is 0 Å². The number of amides is 2. The Bertz CT molecular complexity index is 253. The minimum atomic E-state index is -0.509. The third-order valence-corrected chi connectivity index (χ3v) is 2.76. The molecule has 1 aliphatic rings. The molecular formula is C11H22ClN3O2. The number of rotatable bonds is 4. The van der Waals surface area contributed by atoms with E-state index in [0.29, 0.717) is 13.0 Å². The summed E-state index contributed by atoms with van der Waals surface area (Å²) in [7, 11) is 0. The lowest BCUT2D eigenvalue weighted by atomic mass is 10.1. The highest BCUT2D eigenvalue weighted by Gasteiger charge is 2.16. The molecule has 0 aromatic carbocycles. The Balaban J connectivity index is 0.00000256. The highest BCUT2D eigenvalue weighted by molar-refractivity contribution is 5.85. The Hall–Kier alpha value is -0.810. The van der Waals surface area contributed by atoms with E-state index in [0.717, 1.165) is 25.9 Å². The Morgan fingerprint density at radius 1 is 1.29 bits per heavy atom. The van der Waals surface area contributed by atoms with Crippen LogP contribution in [0.3, 0.4) is 0 Å². The van der Waals surface area contributed by atoms with Gasteiger partial charge in [-0.3, -0.25) is 9.59 Å². The number of nitrogens with one attached hydrogen (secondary N) is 1. The first-order valence-corrected chi connectivity index (χ1v) is 5.92. The van der Waals surface area contributed by atoms with Gasteiger partial charge in [0.2, 0.25) is 11.8 Å². The number of piperidine rings is 1. The van der Waals surface area contributed by atoms with Gasteiger partial charge in [-0.1, -0.05) is 0 Å². The van der Waals surface area contributed by atoms with E-state index in [1.54, 1.807) is 6.92 Å². The number of halogens is 1. The van der Waals surface area contributed by atoms with Crippen molar-refractivity contribution in [3.05, 3.63) is 0 Å². The van der Waals surface area contributed by atoms with Crippen LogP contribution < -0.4 is 11.1 Å². The van der Waals surface area contributed by atoms with E-state index in [1.807, 2.05) is 4.90 Å². The maximum absolute atomic E-state index is 11.7. The minimum Gasteiger partial charge on any atom is -0.354 e. The molecule has 0 radical (unpaired) electrons. The number of hydrogen-bond acceptors (Lipinski definition) is 3. The van der Waals surface area contributed by atoms with E-state index in [-0.39, 0.29) is 24.2 Å². The SMILES string of the molecule is CC(N)C(=O)NCCC(=O)N1CCCCC1.Cl. The van der Waals surface area contributed by atoms with Crippen molar-refractivity contribution in [1.29, 1.82) is 0 Å². The quantitative estimate of drug-likeness (QED) is 0.765. The van der Waals surface area contributed by atoms with E-state index in [4.69, 9.17) is 5.73 Å². The number of carbonyl (C=O) groups is 2. The van der Waals surface area contributed by atoms with Crippen LogP contribution in [0, 0.1) is 0 Å². The second-order valence-corrected chi connectivity index (χ2v) is 4.27. The van der Waals surface area contributed by atoms with Gasteiger partial charge in [0.25, 0.3) is 0 Å². The molecule has 1 atom stereocenters. The topological polar surface area (TPSA) is 75.4 Å². The zero-order chi connectivity index (χ0) is 12.0. The van der Waals surface area contributed by atoms with Gasteiger partial charge in [-0.25, -0.2) is 0 Å². The molecule has 0 spiro atoms. The van der Waals surface area contributed by atoms with Crippen molar-refractivity contribution in [3.8, 4) is 0 Å². The van der Waals surface area contributed by atoms with E-state index in [9.17, 15) is 9.59 Å². The Morgan fingerprint density at radius 3 is 2.41 bits per heavy atom. The summed E-state index contributed by atoms with van der Waals surface area (Å²) in [6, 6.07) is -0.509. The minimum absolute atomic E-state index is 0. The second kappa shape index (κ2) is 8.31. The average Bonchev–Trinajstić information content (AvgIpc) is 2.29. The van der Waals surface area contributed by atoms with E-state index in [2.05, 4.69) is 5.32 Å². The number of likely N-dealkylation sites (tertiary alicyclic amines) is 1. The zero-order valence-electron chi connectivity index (χ0n) is 10.3. The lowest BCUT2D eigenvalue weighted by Crippen LogP contribution is -2.41. The fourth-order valence-corrected chi connectivity index (χ4v) is 1.76. The molecule has 100 valence electrons. The van der Waals surface area contributed by atoms with Crippen LogP contribution in [0.5, 0.6) is 0 Å². The maximum atomic E-state index is 11.7. The summed E-state index contributed by atoms with van der Waals surface area (Å²) >= 11 is 0. The van der Waals surface area contributed by atoms with Gasteiger partial charge >= 0.3 is 0 Å². The molecular weight excluding hydrogens is 242 g/mol. The summed E-state index contributed by atoms with van der Waals surface area (Å²) in [4.78, 5) is 24.7. The van der Waals surface area contributed by atoms with E-state index in [1.165, 1.54) is 6.42 Å². The third-order valence-electron chi connectivity index (χ3n) is 2.76. The summed E-state index contributed by atoms with van der Waals surface area (Å²) in [5.74, 6) is -0.0730. The highest BCUT2D eigenvalue weighted by Crippen LogP contribution is 2.09. The van der Waals surface area contributed by atoms with Crippen LogP contribution in [0.2, 0.25) is 0 Å². The van der Waals surface area contributed by atoms with Gasteiger partial charge in [0, 0.05) is 26.1 Å². The molecule has 0 aromatic heterocycles. The van der Waals surface area contributed by atoms with Gasteiger partial charge in [0.05, 0.1) is 6.04 Å². The largest absolute Gasteiger partial charge is 0.354 e. The number of nitrogens with two attached hydrogens (primary N) is 1. The van der Waals surface area contributed by atoms with Gasteiger partial charge in [-0.05, 0) is 26.2 Å². The van der Waals surface area contributed by atoms with Gasteiger partial charge in [0.15, 0.2) is 0 Å². The first kappa shape index (κ1) is 16.2. The molecule has 1 unspecified atom stereocenters. The summed E-state index contributed by atoms with van der Waals surface area (Å²) in [6.45, 7) is 3.73. The smallest absolute Gasteiger partial charge is 0.236 e. The molecule has 1 saturated heterocycles. The fraction of sp³-hybridized carbons (Fsp3) is 0.818. The molecule has 0 aromatic rings. The van der Waals surface area contributed by atoms with Crippen LogP contribution in [0.25, 0.3) is 0 Å². The van der Waals surface area contributed by atoms with Gasteiger partial charge in [0.1, 0.15) is 0 Å². The molecule has 0 bridgehead atoms. The Morgan fingerprint density at radius 2 is 1.88 bits per heavy atom. The van der Waals surface area contributed by atoms with Crippen molar-refractivity contribution in [1.82, 2.24) is 10.2 Å². The zero-order valence-corrected chi connectivity index (χ0v) is 11.1. The van der Waals surface area contributed by atoms with Crippen LogP contribution in [0.15, 0.2) is 0 Å². The predicted octanol–water partition coefficient (Wildman–Crippen LogP) is 0.274. The fourth-order valence-electron chi connectivity index (χ4n) is 1.76. The maximum Gasteiger partial charge on any atom is 0.236 e. The Labute approximate surface area is 109 Å². The lowest BCUT2D eigenvalue weighted by Gasteiger charge is -2.26. The predicted molar refractivity (Wildman–Crippen MR) is 69.0 cm³/mol. The molecule has 0 saturated carbocycles. The molecule has 3 N–H and O–H groups in total. The van der Waals surface area contributed by atoms with Crippen molar-refractivity contribution < 1.29 is 9.59 Å².